The maximum absolute atomic E-state index is 11.6. The molecule has 6 nitrogen and oxygen atoms in total. The molecule has 0 spiro atoms. The summed E-state index contributed by atoms with van der Waals surface area (Å²) < 4.78 is 15.5. The molecule has 2 amide bonds. The molecule has 0 aliphatic carbocycles. The molecule has 98 valence electrons. The van der Waals surface area contributed by atoms with Gasteiger partial charge in [0.2, 0.25) is 12.7 Å². The van der Waals surface area contributed by atoms with Crippen LogP contribution < -0.4 is 20.1 Å². The molecule has 3 rings (SSSR count). The molecule has 1 aliphatic heterocycles. The van der Waals surface area contributed by atoms with E-state index in [0.29, 0.717) is 18.2 Å². The molecule has 0 radical (unpaired) electrons. The zero-order valence-electron chi connectivity index (χ0n) is 10.0. The summed E-state index contributed by atoms with van der Waals surface area (Å²) in [7, 11) is 0. The predicted molar refractivity (Wildman–Crippen MR) is 67.1 cm³/mol. The van der Waals surface area contributed by atoms with E-state index in [1.54, 1.807) is 12.1 Å². The molecule has 0 saturated carbocycles. The van der Waals surface area contributed by atoms with Crippen LogP contribution in [0.2, 0.25) is 0 Å². The number of urea groups is 1. The fourth-order valence-electron chi connectivity index (χ4n) is 1.74. The Kier molecular flexibility index (Phi) is 2.97. The van der Waals surface area contributed by atoms with E-state index in [0.717, 1.165) is 11.3 Å². The Morgan fingerprint density at radius 2 is 2.11 bits per heavy atom. The smallest absolute Gasteiger partial charge is 0.321 e. The first-order valence-corrected chi connectivity index (χ1v) is 5.78. The number of rotatable bonds is 3. The standard InChI is InChI=1S/C13H12N2O4/c16-13(15-12-2-1-5-17-12)14-7-9-3-4-10-11(6-9)19-8-18-10/h1-6H,7-8H2,(H2,14,15,16). The quantitative estimate of drug-likeness (QED) is 0.888. The van der Waals surface area contributed by atoms with Gasteiger partial charge >= 0.3 is 6.03 Å². The summed E-state index contributed by atoms with van der Waals surface area (Å²) in [6.45, 7) is 0.633. The van der Waals surface area contributed by atoms with Crippen LogP contribution in [0, 0.1) is 0 Å². The van der Waals surface area contributed by atoms with E-state index in [2.05, 4.69) is 10.6 Å². The third-order valence-corrected chi connectivity index (χ3v) is 2.65. The number of ether oxygens (including phenoxy) is 2. The van der Waals surface area contributed by atoms with Crippen molar-refractivity contribution in [3.8, 4) is 11.5 Å². The van der Waals surface area contributed by atoms with Crippen molar-refractivity contribution in [2.45, 2.75) is 6.54 Å². The van der Waals surface area contributed by atoms with Gasteiger partial charge in [0.05, 0.1) is 6.26 Å². The van der Waals surface area contributed by atoms with Gasteiger partial charge in [0.15, 0.2) is 11.5 Å². The average Bonchev–Trinajstić information content (AvgIpc) is 3.06. The molecule has 0 atom stereocenters. The highest BCUT2D eigenvalue weighted by molar-refractivity contribution is 5.87. The van der Waals surface area contributed by atoms with Gasteiger partial charge in [-0.2, -0.15) is 0 Å². The number of carbonyl (C=O) groups is 1. The second-order valence-corrected chi connectivity index (χ2v) is 3.97. The molecule has 6 heteroatoms. The minimum Gasteiger partial charge on any atom is -0.454 e. The lowest BCUT2D eigenvalue weighted by Gasteiger charge is -2.06. The van der Waals surface area contributed by atoms with Crippen LogP contribution in [0.25, 0.3) is 0 Å². The molecule has 0 bridgehead atoms. The van der Waals surface area contributed by atoms with E-state index in [1.165, 1.54) is 6.26 Å². The maximum Gasteiger partial charge on any atom is 0.321 e. The number of nitrogens with one attached hydrogen (secondary N) is 2. The number of anilines is 1. The van der Waals surface area contributed by atoms with Crippen molar-refractivity contribution in [1.29, 1.82) is 0 Å². The Bertz CT molecular complexity index is 580. The molecule has 0 unspecified atom stereocenters. The molecule has 2 aromatic rings. The van der Waals surface area contributed by atoms with Crippen LogP contribution in [0.1, 0.15) is 5.56 Å². The zero-order valence-corrected chi connectivity index (χ0v) is 10.0. The van der Waals surface area contributed by atoms with Gasteiger partial charge in [-0.15, -0.1) is 0 Å². The summed E-state index contributed by atoms with van der Waals surface area (Å²) in [6.07, 6.45) is 1.49. The van der Waals surface area contributed by atoms with Crippen molar-refractivity contribution in [3.63, 3.8) is 0 Å². The minimum absolute atomic E-state index is 0.241. The molecular formula is C13H12N2O4. The fourth-order valence-corrected chi connectivity index (χ4v) is 1.74. The Hall–Kier alpha value is -2.63. The van der Waals surface area contributed by atoms with E-state index < -0.39 is 0 Å². The number of fused-ring (bicyclic) bond motifs is 1. The third kappa shape index (κ3) is 2.62. The maximum atomic E-state index is 11.6. The summed E-state index contributed by atoms with van der Waals surface area (Å²) in [4.78, 5) is 11.6. The summed E-state index contributed by atoms with van der Waals surface area (Å²) in [5.74, 6) is 1.83. The number of hydrogen-bond donors (Lipinski definition) is 2. The number of hydrogen-bond acceptors (Lipinski definition) is 4. The average molecular weight is 260 g/mol. The fraction of sp³-hybridized carbons (Fsp3) is 0.154. The molecule has 2 heterocycles. The first-order chi connectivity index (χ1) is 9.31. The van der Waals surface area contributed by atoms with Crippen LogP contribution >= 0.6 is 0 Å². The zero-order chi connectivity index (χ0) is 13.1. The van der Waals surface area contributed by atoms with Crippen molar-refractivity contribution in [2.75, 3.05) is 12.1 Å². The lowest BCUT2D eigenvalue weighted by Crippen LogP contribution is -2.27. The summed E-state index contributed by atoms with van der Waals surface area (Å²) >= 11 is 0. The summed E-state index contributed by atoms with van der Waals surface area (Å²) in [5, 5.41) is 5.29. The molecule has 1 aromatic carbocycles. The highest BCUT2D eigenvalue weighted by Crippen LogP contribution is 2.32. The largest absolute Gasteiger partial charge is 0.454 e. The second kappa shape index (κ2) is 4.93. The van der Waals surface area contributed by atoms with Gasteiger partial charge in [0, 0.05) is 12.6 Å². The van der Waals surface area contributed by atoms with Crippen molar-refractivity contribution >= 4 is 11.9 Å². The van der Waals surface area contributed by atoms with Gasteiger partial charge in [0.25, 0.3) is 0 Å². The van der Waals surface area contributed by atoms with Gasteiger partial charge in [-0.05, 0) is 23.8 Å². The number of amides is 2. The van der Waals surface area contributed by atoms with Crippen LogP contribution in [0.3, 0.4) is 0 Å². The van der Waals surface area contributed by atoms with Gasteiger partial charge in [0.1, 0.15) is 0 Å². The molecular weight excluding hydrogens is 248 g/mol. The Labute approximate surface area is 109 Å². The lowest BCUT2D eigenvalue weighted by atomic mass is 10.2. The van der Waals surface area contributed by atoms with Crippen LogP contribution in [0.15, 0.2) is 41.0 Å². The van der Waals surface area contributed by atoms with Gasteiger partial charge in [-0.3, -0.25) is 5.32 Å². The first kappa shape index (κ1) is 11.5. The van der Waals surface area contributed by atoms with E-state index in [9.17, 15) is 4.79 Å². The molecule has 19 heavy (non-hydrogen) atoms. The topological polar surface area (TPSA) is 72.7 Å². The van der Waals surface area contributed by atoms with E-state index in [-0.39, 0.29) is 12.8 Å². The summed E-state index contributed by atoms with van der Waals surface area (Å²) in [6, 6.07) is 8.58. The minimum atomic E-state index is -0.326. The Balaban J connectivity index is 1.56. The molecule has 1 aliphatic rings. The number of carbonyl (C=O) groups excluding carboxylic acids is 1. The van der Waals surface area contributed by atoms with Crippen LogP contribution in [-0.2, 0) is 6.54 Å². The monoisotopic (exact) mass is 260 g/mol. The lowest BCUT2D eigenvalue weighted by molar-refractivity contribution is 0.174. The van der Waals surface area contributed by atoms with Crippen molar-refractivity contribution in [2.24, 2.45) is 0 Å². The second-order valence-electron chi connectivity index (χ2n) is 3.97. The molecule has 0 fully saturated rings. The van der Waals surface area contributed by atoms with Crippen molar-refractivity contribution in [1.82, 2.24) is 5.32 Å². The predicted octanol–water partition coefficient (Wildman–Crippen LogP) is 2.33. The molecule has 2 N–H and O–H groups in total. The highest BCUT2D eigenvalue weighted by atomic mass is 16.7. The van der Waals surface area contributed by atoms with Gasteiger partial charge in [-0.1, -0.05) is 6.07 Å². The number of benzene rings is 1. The van der Waals surface area contributed by atoms with Crippen LogP contribution in [0.4, 0.5) is 10.7 Å². The molecule has 1 aromatic heterocycles. The SMILES string of the molecule is O=C(NCc1ccc2c(c1)OCO2)Nc1ccco1. The van der Waals surface area contributed by atoms with E-state index in [1.807, 2.05) is 18.2 Å². The van der Waals surface area contributed by atoms with Gasteiger partial charge in [-0.25, -0.2) is 4.79 Å². The number of furan rings is 1. The van der Waals surface area contributed by atoms with Crippen molar-refractivity contribution in [3.05, 3.63) is 42.2 Å². The van der Waals surface area contributed by atoms with E-state index in [4.69, 9.17) is 13.9 Å². The normalized spacial score (nSPS) is 12.2. The van der Waals surface area contributed by atoms with E-state index >= 15 is 0 Å². The first-order valence-electron chi connectivity index (χ1n) is 5.78. The molecule has 0 saturated heterocycles. The highest BCUT2D eigenvalue weighted by Gasteiger charge is 2.13. The van der Waals surface area contributed by atoms with Crippen LogP contribution in [-0.4, -0.2) is 12.8 Å². The third-order valence-electron chi connectivity index (χ3n) is 2.65. The Morgan fingerprint density at radius 1 is 1.21 bits per heavy atom. The summed E-state index contributed by atoms with van der Waals surface area (Å²) in [5.41, 5.74) is 0.929. The van der Waals surface area contributed by atoms with Gasteiger partial charge < -0.3 is 19.2 Å². The Morgan fingerprint density at radius 3 is 2.95 bits per heavy atom. The van der Waals surface area contributed by atoms with Crippen molar-refractivity contribution < 1.29 is 18.7 Å². The van der Waals surface area contributed by atoms with Crippen LogP contribution in [0.5, 0.6) is 11.5 Å².